The average Bonchev–Trinajstić information content (AvgIpc) is 3.19. The molecule has 8 heteroatoms. The van der Waals surface area contributed by atoms with E-state index >= 15 is 0 Å². The van der Waals surface area contributed by atoms with Crippen LogP contribution in [0.4, 0.5) is 0 Å². The number of benzene rings is 1. The summed E-state index contributed by atoms with van der Waals surface area (Å²) in [5.41, 5.74) is 1.09. The zero-order chi connectivity index (χ0) is 19.3. The maximum absolute atomic E-state index is 6.29. The van der Waals surface area contributed by atoms with Crippen LogP contribution in [0.5, 0.6) is 5.75 Å². The van der Waals surface area contributed by atoms with Crippen molar-refractivity contribution in [3.8, 4) is 5.75 Å². The summed E-state index contributed by atoms with van der Waals surface area (Å²) < 4.78 is 16.2. The van der Waals surface area contributed by atoms with Gasteiger partial charge in [0.25, 0.3) is 0 Å². The molecule has 1 fully saturated rings. The first-order valence-corrected chi connectivity index (χ1v) is 10.1. The second-order valence-electron chi connectivity index (χ2n) is 6.55. The normalized spacial score (nSPS) is 16.5. The van der Waals surface area contributed by atoms with E-state index in [1.54, 1.807) is 7.11 Å². The number of rotatable bonds is 11. The van der Waals surface area contributed by atoms with Crippen molar-refractivity contribution in [1.82, 2.24) is 10.6 Å². The Morgan fingerprint density at radius 1 is 1.36 bits per heavy atom. The minimum atomic E-state index is 0. The zero-order valence-corrected chi connectivity index (χ0v) is 19.9. The van der Waals surface area contributed by atoms with E-state index in [0.717, 1.165) is 87.6 Å². The lowest BCUT2D eigenvalue weighted by atomic mass is 10.1. The molecular formula is C20H33ClIN3O3. The van der Waals surface area contributed by atoms with Gasteiger partial charge in [0, 0.05) is 43.8 Å². The molecule has 1 aromatic rings. The first-order valence-electron chi connectivity index (χ1n) is 9.73. The molecule has 1 atom stereocenters. The Labute approximate surface area is 190 Å². The zero-order valence-electron chi connectivity index (χ0n) is 16.8. The van der Waals surface area contributed by atoms with E-state index in [0.29, 0.717) is 5.92 Å². The van der Waals surface area contributed by atoms with Gasteiger partial charge in [0.05, 0.1) is 20.3 Å². The third kappa shape index (κ3) is 9.62. The lowest BCUT2D eigenvalue weighted by Gasteiger charge is -2.12. The highest BCUT2D eigenvalue weighted by Gasteiger charge is 2.15. The van der Waals surface area contributed by atoms with Crippen LogP contribution in [0.1, 0.15) is 25.3 Å². The molecule has 1 unspecified atom stereocenters. The van der Waals surface area contributed by atoms with Crippen LogP contribution in [0.25, 0.3) is 0 Å². The summed E-state index contributed by atoms with van der Waals surface area (Å²) in [6.07, 6.45) is 2.85. The van der Waals surface area contributed by atoms with Crippen molar-refractivity contribution in [1.29, 1.82) is 0 Å². The van der Waals surface area contributed by atoms with Crippen molar-refractivity contribution in [2.75, 3.05) is 53.2 Å². The molecule has 1 saturated heterocycles. The molecule has 6 nitrogen and oxygen atoms in total. The van der Waals surface area contributed by atoms with E-state index in [9.17, 15) is 0 Å². The van der Waals surface area contributed by atoms with Gasteiger partial charge < -0.3 is 24.8 Å². The smallest absolute Gasteiger partial charge is 0.191 e. The summed E-state index contributed by atoms with van der Waals surface area (Å²) in [6.45, 7) is 7.63. The van der Waals surface area contributed by atoms with Gasteiger partial charge >= 0.3 is 0 Å². The van der Waals surface area contributed by atoms with E-state index in [-0.39, 0.29) is 24.0 Å². The molecule has 0 amide bonds. The number of methoxy groups -OCH3 is 1. The molecule has 0 radical (unpaired) electrons. The van der Waals surface area contributed by atoms with Crippen LogP contribution in [0.2, 0.25) is 5.02 Å². The number of hydrogen-bond donors (Lipinski definition) is 2. The first kappa shape index (κ1) is 25.3. The Morgan fingerprint density at radius 2 is 2.21 bits per heavy atom. The van der Waals surface area contributed by atoms with Gasteiger partial charge in [-0.15, -0.1) is 24.0 Å². The predicted octanol–water partition coefficient (Wildman–Crippen LogP) is 3.51. The lowest BCUT2D eigenvalue weighted by Crippen LogP contribution is -2.38. The van der Waals surface area contributed by atoms with Gasteiger partial charge in [-0.05, 0) is 43.9 Å². The van der Waals surface area contributed by atoms with Crippen molar-refractivity contribution < 1.29 is 14.2 Å². The molecular weight excluding hydrogens is 493 g/mol. The van der Waals surface area contributed by atoms with Crippen LogP contribution in [0.3, 0.4) is 0 Å². The fraction of sp³-hybridized carbons (Fsp3) is 0.650. The second kappa shape index (κ2) is 15.1. The lowest BCUT2D eigenvalue weighted by molar-refractivity contribution is 0.0893. The molecule has 1 aliphatic rings. The number of nitrogens with one attached hydrogen (secondary N) is 2. The van der Waals surface area contributed by atoms with Crippen LogP contribution in [0.15, 0.2) is 23.2 Å². The van der Waals surface area contributed by atoms with Gasteiger partial charge in [0.1, 0.15) is 5.75 Å². The van der Waals surface area contributed by atoms with E-state index in [2.05, 4.69) is 22.5 Å². The minimum Gasteiger partial charge on any atom is -0.497 e. The fourth-order valence-electron chi connectivity index (χ4n) is 2.84. The predicted molar refractivity (Wildman–Crippen MR) is 125 cm³/mol. The second-order valence-corrected chi connectivity index (χ2v) is 6.96. The summed E-state index contributed by atoms with van der Waals surface area (Å²) >= 11 is 6.29. The van der Waals surface area contributed by atoms with Crippen LogP contribution in [-0.2, 0) is 15.9 Å². The SMILES string of the molecule is CCNC(=NCCCOCC1CCOC1)NCCc1ccc(OC)cc1Cl.I. The maximum Gasteiger partial charge on any atom is 0.191 e. The summed E-state index contributed by atoms with van der Waals surface area (Å²) in [4.78, 5) is 4.60. The van der Waals surface area contributed by atoms with Gasteiger partial charge in [-0.1, -0.05) is 17.7 Å². The minimum absolute atomic E-state index is 0. The Kier molecular flexibility index (Phi) is 13.6. The molecule has 2 N–H and O–H groups in total. The Morgan fingerprint density at radius 3 is 2.89 bits per heavy atom. The van der Waals surface area contributed by atoms with Crippen molar-refractivity contribution >= 4 is 41.5 Å². The quantitative estimate of drug-likeness (QED) is 0.200. The Balaban J connectivity index is 0.00000392. The third-order valence-electron chi connectivity index (χ3n) is 4.39. The van der Waals surface area contributed by atoms with Crippen molar-refractivity contribution in [2.45, 2.75) is 26.2 Å². The maximum atomic E-state index is 6.29. The molecule has 1 heterocycles. The molecule has 160 valence electrons. The first-order chi connectivity index (χ1) is 13.2. The molecule has 0 aromatic heterocycles. The molecule has 0 bridgehead atoms. The van der Waals surface area contributed by atoms with Gasteiger partial charge in [0.2, 0.25) is 0 Å². The summed E-state index contributed by atoms with van der Waals surface area (Å²) in [6, 6.07) is 5.77. The molecule has 0 aliphatic carbocycles. The number of aliphatic imine (C=N–C) groups is 1. The largest absolute Gasteiger partial charge is 0.497 e. The van der Waals surface area contributed by atoms with Gasteiger partial charge in [-0.25, -0.2) is 0 Å². The van der Waals surface area contributed by atoms with E-state index < -0.39 is 0 Å². The standard InChI is InChI=1S/C20H32ClN3O3.HI/c1-3-22-20(23-9-4-11-26-14-16-8-12-27-15-16)24-10-7-17-5-6-18(25-2)13-19(17)21;/h5-6,13,16H,3-4,7-12,14-15H2,1-2H3,(H2,22,23,24);1H. The van der Waals surface area contributed by atoms with Crippen molar-refractivity contribution in [3.05, 3.63) is 28.8 Å². The van der Waals surface area contributed by atoms with E-state index in [1.807, 2.05) is 18.2 Å². The summed E-state index contributed by atoms with van der Waals surface area (Å²) in [7, 11) is 1.64. The summed E-state index contributed by atoms with van der Waals surface area (Å²) in [5, 5.41) is 7.34. The molecule has 0 spiro atoms. The number of hydrogen-bond acceptors (Lipinski definition) is 4. The van der Waals surface area contributed by atoms with Crippen molar-refractivity contribution in [2.24, 2.45) is 10.9 Å². The molecule has 28 heavy (non-hydrogen) atoms. The molecule has 2 rings (SSSR count). The number of ether oxygens (including phenoxy) is 3. The monoisotopic (exact) mass is 525 g/mol. The molecule has 1 aliphatic heterocycles. The van der Waals surface area contributed by atoms with E-state index in [1.165, 1.54) is 0 Å². The van der Waals surface area contributed by atoms with Crippen LogP contribution >= 0.6 is 35.6 Å². The van der Waals surface area contributed by atoms with Crippen molar-refractivity contribution in [3.63, 3.8) is 0 Å². The molecule has 1 aromatic carbocycles. The highest BCUT2D eigenvalue weighted by Crippen LogP contribution is 2.22. The number of nitrogens with zero attached hydrogens (tertiary/aromatic N) is 1. The fourth-order valence-corrected chi connectivity index (χ4v) is 3.10. The summed E-state index contributed by atoms with van der Waals surface area (Å²) in [5.74, 6) is 2.16. The number of halogens is 2. The topological polar surface area (TPSA) is 64.1 Å². The third-order valence-corrected chi connectivity index (χ3v) is 4.74. The highest BCUT2D eigenvalue weighted by atomic mass is 127. The number of guanidine groups is 1. The average molecular weight is 526 g/mol. The highest BCUT2D eigenvalue weighted by molar-refractivity contribution is 14.0. The van der Waals surface area contributed by atoms with Crippen LogP contribution in [0, 0.1) is 5.92 Å². The van der Waals surface area contributed by atoms with E-state index in [4.69, 9.17) is 25.8 Å². The molecule has 0 saturated carbocycles. The van der Waals surface area contributed by atoms with Crippen LogP contribution < -0.4 is 15.4 Å². The van der Waals surface area contributed by atoms with Gasteiger partial charge in [0.15, 0.2) is 5.96 Å². The Hall–Kier alpha value is -0.770. The Bertz CT molecular complexity index is 584. The van der Waals surface area contributed by atoms with Crippen LogP contribution in [-0.4, -0.2) is 59.1 Å². The van der Waals surface area contributed by atoms with Gasteiger partial charge in [-0.3, -0.25) is 4.99 Å². The van der Waals surface area contributed by atoms with Gasteiger partial charge in [-0.2, -0.15) is 0 Å².